The summed E-state index contributed by atoms with van der Waals surface area (Å²) < 4.78 is 9.43. The molecular formula is C76H50N6Si. The molecule has 0 spiro atoms. The van der Waals surface area contributed by atoms with Crippen LogP contribution < -0.4 is 20.7 Å². The molecule has 0 aliphatic carbocycles. The molecule has 0 amide bonds. The highest BCUT2D eigenvalue weighted by Gasteiger charge is 2.41. The Labute approximate surface area is 479 Å². The Bertz CT molecular complexity index is 5180. The predicted molar refractivity (Wildman–Crippen MR) is 348 cm³/mol. The van der Waals surface area contributed by atoms with Gasteiger partial charge in [-0.3, -0.25) is 9.13 Å². The third-order valence-electron chi connectivity index (χ3n) is 17.4. The Morgan fingerprint density at radius 3 is 1.05 bits per heavy atom. The molecule has 6 nitrogen and oxygen atoms in total. The first kappa shape index (κ1) is 47.0. The van der Waals surface area contributed by atoms with Crippen LogP contribution in [-0.2, 0) is 0 Å². The van der Waals surface area contributed by atoms with Gasteiger partial charge in [0.2, 0.25) is 5.95 Å². The van der Waals surface area contributed by atoms with Crippen molar-refractivity contribution in [1.82, 2.24) is 28.2 Å². The summed E-state index contributed by atoms with van der Waals surface area (Å²) in [4.78, 5) is 11.5. The smallest absolute Gasteiger partial charge is 0.237 e. The van der Waals surface area contributed by atoms with Crippen LogP contribution in [0.25, 0.3) is 122 Å². The van der Waals surface area contributed by atoms with Crippen molar-refractivity contribution in [3.8, 4) is 34.4 Å². The lowest BCUT2D eigenvalue weighted by molar-refractivity contribution is 0.951. The van der Waals surface area contributed by atoms with Crippen molar-refractivity contribution in [2.24, 2.45) is 0 Å². The van der Waals surface area contributed by atoms with Gasteiger partial charge in [-0.15, -0.1) is 0 Å². The molecular weight excluding hydrogens is 1020 g/mol. The summed E-state index contributed by atoms with van der Waals surface area (Å²) >= 11 is 0. The number of hydrogen-bond donors (Lipinski definition) is 0. The van der Waals surface area contributed by atoms with E-state index in [1.54, 1.807) is 0 Å². The topological polar surface area (TPSA) is 45.5 Å². The second kappa shape index (κ2) is 18.6. The molecule has 0 saturated heterocycles. The molecule has 0 saturated carbocycles. The van der Waals surface area contributed by atoms with E-state index in [-0.39, 0.29) is 0 Å². The second-order valence-corrected chi connectivity index (χ2v) is 25.5. The minimum atomic E-state index is -2.82. The summed E-state index contributed by atoms with van der Waals surface area (Å²) in [5.41, 5.74) is 12.8. The lowest BCUT2D eigenvalue weighted by Crippen LogP contribution is -2.74. The summed E-state index contributed by atoms with van der Waals surface area (Å²) in [7, 11) is -2.82. The molecule has 7 heteroatoms. The van der Waals surface area contributed by atoms with Gasteiger partial charge in [-0.1, -0.05) is 231 Å². The van der Waals surface area contributed by atoms with Gasteiger partial charge in [-0.05, 0) is 87.5 Å². The largest absolute Gasteiger partial charge is 0.309 e. The molecule has 5 aromatic heterocycles. The molecule has 12 aromatic carbocycles. The lowest BCUT2D eigenvalue weighted by atomic mass is 10.1. The first-order valence-electron chi connectivity index (χ1n) is 28.4. The highest BCUT2D eigenvalue weighted by atomic mass is 28.3. The first-order valence-corrected chi connectivity index (χ1v) is 30.4. The van der Waals surface area contributed by atoms with E-state index in [1.165, 1.54) is 53.3 Å². The monoisotopic (exact) mass is 1070 g/mol. The zero-order valence-electron chi connectivity index (χ0n) is 45.1. The minimum Gasteiger partial charge on any atom is -0.309 e. The van der Waals surface area contributed by atoms with Crippen LogP contribution in [0.4, 0.5) is 0 Å². The standard InChI is InChI=1S/C76H50N6Si/c1-4-22-54(23-5-1)83(55-24-6-2-7-25-55,56-26-8-3-9-27-56)57-44-40-51(41-45-57)66-50-75(81-71-38-20-15-33-63(71)65-48-52(43-47-73(65)81)79-67-34-16-10-28-58(67)59-29-11-17-35-68(59)79)78-76(77-66)82-72-39-21-14-32-62(72)64-46-42-53(49-74(64)82)80-69-36-18-12-30-60(69)61-31-13-19-37-70(61)80/h1-50H. The van der Waals surface area contributed by atoms with Crippen LogP contribution >= 0.6 is 0 Å². The average molecular weight is 1080 g/mol. The number of para-hydroxylation sites is 6. The minimum absolute atomic E-state index is 0.585. The highest BCUT2D eigenvalue weighted by Crippen LogP contribution is 2.40. The predicted octanol–water partition coefficient (Wildman–Crippen LogP) is 15.9. The molecule has 0 aliphatic heterocycles. The Morgan fingerprint density at radius 2 is 0.578 bits per heavy atom. The molecule has 5 heterocycles. The SMILES string of the molecule is c1ccc([Si](c2ccccc2)(c2ccccc2)c2ccc(-c3cc(-n4c5ccccc5c5cc(-n6c7ccccc7c7ccccc76)ccc54)nc(-n4c5ccccc5c5ccc(-n6c7ccccc7c7ccccc76)cc54)n3)cc2)cc1. The zero-order valence-corrected chi connectivity index (χ0v) is 46.1. The van der Waals surface area contributed by atoms with E-state index in [9.17, 15) is 0 Å². The van der Waals surface area contributed by atoms with Crippen LogP contribution in [0.2, 0.25) is 0 Å². The Morgan fingerprint density at radius 1 is 0.229 bits per heavy atom. The third-order valence-corrected chi connectivity index (χ3v) is 22.2. The van der Waals surface area contributed by atoms with Gasteiger partial charge in [0.15, 0.2) is 8.07 Å². The summed E-state index contributed by atoms with van der Waals surface area (Å²) in [5, 5.41) is 14.7. The van der Waals surface area contributed by atoms with Crippen molar-refractivity contribution in [3.05, 3.63) is 303 Å². The van der Waals surface area contributed by atoms with E-state index in [1.807, 2.05) is 0 Å². The summed E-state index contributed by atoms with van der Waals surface area (Å²) in [6, 6.07) is 111. The van der Waals surface area contributed by atoms with E-state index >= 15 is 0 Å². The van der Waals surface area contributed by atoms with Gasteiger partial charge in [-0.2, -0.15) is 4.98 Å². The molecule has 83 heavy (non-hydrogen) atoms. The molecule has 0 atom stereocenters. The van der Waals surface area contributed by atoms with Crippen molar-refractivity contribution >= 4 is 116 Å². The number of rotatable bonds is 9. The number of benzene rings is 12. The van der Waals surface area contributed by atoms with E-state index in [0.29, 0.717) is 5.95 Å². The van der Waals surface area contributed by atoms with Crippen LogP contribution in [0, 0.1) is 0 Å². The van der Waals surface area contributed by atoms with Gasteiger partial charge in [-0.25, -0.2) is 4.98 Å². The van der Waals surface area contributed by atoms with Gasteiger partial charge in [0.1, 0.15) is 5.82 Å². The molecule has 0 unspecified atom stereocenters. The van der Waals surface area contributed by atoms with Crippen molar-refractivity contribution < 1.29 is 0 Å². The van der Waals surface area contributed by atoms with Crippen LogP contribution in [0.5, 0.6) is 0 Å². The maximum absolute atomic E-state index is 5.78. The van der Waals surface area contributed by atoms with Gasteiger partial charge < -0.3 is 9.13 Å². The molecule has 17 rings (SSSR count). The number of hydrogen-bond acceptors (Lipinski definition) is 2. The second-order valence-electron chi connectivity index (χ2n) is 21.7. The highest BCUT2D eigenvalue weighted by molar-refractivity contribution is 7.19. The van der Waals surface area contributed by atoms with Gasteiger partial charge in [0, 0.05) is 66.1 Å². The van der Waals surface area contributed by atoms with Crippen LogP contribution in [-0.4, -0.2) is 36.3 Å². The summed E-state index contributed by atoms with van der Waals surface area (Å²) in [6.45, 7) is 0. The number of aromatic nitrogens is 6. The maximum Gasteiger partial charge on any atom is 0.237 e. The maximum atomic E-state index is 5.78. The van der Waals surface area contributed by atoms with E-state index in [0.717, 1.165) is 83.1 Å². The fourth-order valence-electron chi connectivity index (χ4n) is 13.8. The van der Waals surface area contributed by atoms with E-state index in [2.05, 4.69) is 322 Å². The quantitative estimate of drug-likeness (QED) is 0.107. The fourth-order valence-corrected chi connectivity index (χ4v) is 18.5. The fraction of sp³-hybridized carbons (Fsp3) is 0. The summed E-state index contributed by atoms with van der Waals surface area (Å²) in [6.07, 6.45) is 0. The van der Waals surface area contributed by atoms with Crippen molar-refractivity contribution in [2.75, 3.05) is 0 Å². The molecule has 388 valence electrons. The normalized spacial score (nSPS) is 12.1. The number of nitrogens with zero attached hydrogens (tertiary/aromatic N) is 6. The van der Waals surface area contributed by atoms with Gasteiger partial charge in [0.05, 0.1) is 49.8 Å². The lowest BCUT2D eigenvalue weighted by Gasteiger charge is -2.34. The van der Waals surface area contributed by atoms with Crippen molar-refractivity contribution in [1.29, 1.82) is 0 Å². The van der Waals surface area contributed by atoms with E-state index in [4.69, 9.17) is 9.97 Å². The average Bonchev–Trinajstić information content (AvgIpc) is 2.88. The van der Waals surface area contributed by atoms with E-state index < -0.39 is 8.07 Å². The summed E-state index contributed by atoms with van der Waals surface area (Å²) in [5.74, 6) is 1.36. The third kappa shape index (κ3) is 7.08. The van der Waals surface area contributed by atoms with Crippen LogP contribution in [0.1, 0.15) is 0 Å². The zero-order chi connectivity index (χ0) is 54.6. The Balaban J connectivity index is 0.921. The Hall–Kier alpha value is -10.9. The molecule has 0 radical (unpaired) electrons. The molecule has 17 aromatic rings. The van der Waals surface area contributed by atoms with Crippen LogP contribution in [0.3, 0.4) is 0 Å². The van der Waals surface area contributed by atoms with Gasteiger partial charge in [0.25, 0.3) is 0 Å². The Kier molecular flexibility index (Phi) is 10.5. The van der Waals surface area contributed by atoms with Crippen molar-refractivity contribution in [3.63, 3.8) is 0 Å². The molecule has 0 N–H and O–H groups in total. The molecule has 0 bridgehead atoms. The molecule has 0 aliphatic rings. The van der Waals surface area contributed by atoms with Crippen molar-refractivity contribution in [2.45, 2.75) is 0 Å². The van der Waals surface area contributed by atoms with Crippen LogP contribution in [0.15, 0.2) is 303 Å². The number of fused-ring (bicyclic) bond motifs is 12. The first-order chi connectivity index (χ1) is 41.2. The van der Waals surface area contributed by atoms with Gasteiger partial charge >= 0.3 is 0 Å². The molecule has 0 fully saturated rings.